The molecule has 8 heteroatoms. The van der Waals surface area contributed by atoms with Crippen molar-refractivity contribution in [3.8, 4) is 0 Å². The standard InChI is InChI=1S/C19H24ClN3O4/c1-2-22(12-17(24)25)13-7-9-23(10-8-13)19(26)21-11-15-14-5-3-4-6-16(14)27-18(15)20/h3-6,13H,2,7-12H2,1H3,(H,21,26)(H,24,25). The topological polar surface area (TPSA) is 86.0 Å². The molecule has 7 nitrogen and oxygen atoms in total. The highest BCUT2D eigenvalue weighted by Gasteiger charge is 2.27. The van der Waals surface area contributed by atoms with E-state index in [0.717, 1.165) is 23.8 Å². The summed E-state index contributed by atoms with van der Waals surface area (Å²) in [7, 11) is 0. The van der Waals surface area contributed by atoms with Crippen molar-refractivity contribution in [3.05, 3.63) is 35.0 Å². The van der Waals surface area contributed by atoms with Gasteiger partial charge in [0, 0.05) is 36.6 Å². The highest BCUT2D eigenvalue weighted by molar-refractivity contribution is 6.30. The lowest BCUT2D eigenvalue weighted by molar-refractivity contribution is -0.139. The van der Waals surface area contributed by atoms with E-state index < -0.39 is 5.97 Å². The third-order valence-corrected chi connectivity index (χ3v) is 5.38. The lowest BCUT2D eigenvalue weighted by Crippen LogP contribution is -2.50. The van der Waals surface area contributed by atoms with Gasteiger partial charge in [-0.15, -0.1) is 0 Å². The van der Waals surface area contributed by atoms with Crippen LogP contribution in [0.1, 0.15) is 25.3 Å². The number of urea groups is 1. The van der Waals surface area contributed by atoms with Gasteiger partial charge in [-0.1, -0.05) is 25.1 Å². The van der Waals surface area contributed by atoms with E-state index in [-0.39, 0.29) is 18.6 Å². The molecule has 2 heterocycles. The number of furan rings is 1. The van der Waals surface area contributed by atoms with Gasteiger partial charge in [-0.3, -0.25) is 9.69 Å². The highest BCUT2D eigenvalue weighted by Crippen LogP contribution is 2.29. The number of carboxylic acid groups (broad SMARTS) is 1. The number of nitrogens with zero attached hydrogens (tertiary/aromatic N) is 2. The van der Waals surface area contributed by atoms with E-state index in [1.54, 1.807) is 4.90 Å². The van der Waals surface area contributed by atoms with Crippen molar-refractivity contribution >= 4 is 34.6 Å². The zero-order valence-corrected chi connectivity index (χ0v) is 16.0. The van der Waals surface area contributed by atoms with Crippen LogP contribution in [0.3, 0.4) is 0 Å². The van der Waals surface area contributed by atoms with Crippen molar-refractivity contribution < 1.29 is 19.1 Å². The SMILES string of the molecule is CCN(CC(=O)O)C1CCN(C(=O)NCc2c(Cl)oc3ccccc23)CC1. The molecule has 1 aliphatic heterocycles. The summed E-state index contributed by atoms with van der Waals surface area (Å²) in [4.78, 5) is 27.2. The molecular weight excluding hydrogens is 370 g/mol. The number of aliphatic carboxylic acids is 1. The maximum atomic E-state index is 12.5. The fraction of sp³-hybridized carbons (Fsp3) is 0.474. The quantitative estimate of drug-likeness (QED) is 0.787. The number of carbonyl (C=O) groups is 2. The van der Waals surface area contributed by atoms with E-state index in [0.29, 0.717) is 37.0 Å². The molecule has 0 bridgehead atoms. The number of para-hydroxylation sites is 1. The highest BCUT2D eigenvalue weighted by atomic mass is 35.5. The fourth-order valence-electron chi connectivity index (χ4n) is 3.62. The van der Waals surface area contributed by atoms with E-state index in [1.165, 1.54) is 0 Å². The molecule has 1 fully saturated rings. The summed E-state index contributed by atoms with van der Waals surface area (Å²) in [6.45, 7) is 4.20. The van der Waals surface area contributed by atoms with Gasteiger partial charge in [-0.2, -0.15) is 0 Å². The number of hydrogen-bond donors (Lipinski definition) is 2. The molecule has 146 valence electrons. The van der Waals surface area contributed by atoms with Crippen LogP contribution in [-0.4, -0.2) is 59.1 Å². The third-order valence-electron chi connectivity index (χ3n) is 5.08. The first-order chi connectivity index (χ1) is 13.0. The van der Waals surface area contributed by atoms with Crippen LogP contribution < -0.4 is 5.32 Å². The Morgan fingerprint density at radius 2 is 2.04 bits per heavy atom. The summed E-state index contributed by atoms with van der Waals surface area (Å²) in [5.74, 6) is -0.818. The molecule has 2 aromatic rings. The first kappa shape index (κ1) is 19.5. The number of benzene rings is 1. The van der Waals surface area contributed by atoms with Gasteiger partial charge in [0.25, 0.3) is 0 Å². The average molecular weight is 394 g/mol. The van der Waals surface area contributed by atoms with E-state index >= 15 is 0 Å². The summed E-state index contributed by atoms with van der Waals surface area (Å²) in [5.41, 5.74) is 1.47. The molecule has 1 aromatic heterocycles. The number of hydrogen-bond acceptors (Lipinski definition) is 4. The Hall–Kier alpha value is -2.25. The number of amides is 2. The van der Waals surface area contributed by atoms with Crippen LogP contribution in [-0.2, 0) is 11.3 Å². The number of likely N-dealkylation sites (tertiary alicyclic amines) is 1. The predicted molar refractivity (Wildman–Crippen MR) is 103 cm³/mol. The fourth-order valence-corrected chi connectivity index (χ4v) is 3.87. The zero-order chi connectivity index (χ0) is 19.4. The van der Waals surface area contributed by atoms with Gasteiger partial charge in [0.2, 0.25) is 0 Å². The van der Waals surface area contributed by atoms with Crippen LogP contribution in [0.25, 0.3) is 11.0 Å². The second-order valence-electron chi connectivity index (χ2n) is 6.68. The van der Waals surface area contributed by atoms with Crippen molar-refractivity contribution in [2.75, 3.05) is 26.2 Å². The Morgan fingerprint density at radius 3 is 2.70 bits per heavy atom. The Bertz CT molecular complexity index is 814. The maximum Gasteiger partial charge on any atom is 0.317 e. The molecule has 0 unspecified atom stereocenters. The van der Waals surface area contributed by atoms with Gasteiger partial charge in [0.05, 0.1) is 6.54 Å². The zero-order valence-electron chi connectivity index (χ0n) is 15.3. The van der Waals surface area contributed by atoms with Gasteiger partial charge >= 0.3 is 12.0 Å². The summed E-state index contributed by atoms with van der Waals surface area (Å²) in [5, 5.41) is 13.1. The average Bonchev–Trinajstić information content (AvgIpc) is 2.99. The Labute approximate surface area is 162 Å². The number of carbonyl (C=O) groups excluding carboxylic acids is 1. The molecule has 1 aromatic carbocycles. The molecule has 3 rings (SSSR count). The van der Waals surface area contributed by atoms with Crippen molar-refractivity contribution in [2.24, 2.45) is 0 Å². The Kier molecular flexibility index (Phi) is 6.23. The van der Waals surface area contributed by atoms with Gasteiger partial charge in [-0.05, 0) is 37.1 Å². The van der Waals surface area contributed by atoms with E-state index in [9.17, 15) is 9.59 Å². The number of carboxylic acids is 1. The molecule has 0 spiro atoms. The van der Waals surface area contributed by atoms with Crippen molar-refractivity contribution in [1.82, 2.24) is 15.1 Å². The van der Waals surface area contributed by atoms with Crippen LogP contribution >= 0.6 is 11.6 Å². The van der Waals surface area contributed by atoms with Crippen LogP contribution in [0.15, 0.2) is 28.7 Å². The summed E-state index contributed by atoms with van der Waals surface area (Å²) in [6, 6.07) is 7.59. The molecule has 0 saturated carbocycles. The van der Waals surface area contributed by atoms with Gasteiger partial charge in [-0.25, -0.2) is 4.79 Å². The predicted octanol–water partition coefficient (Wildman–Crippen LogP) is 3.17. The minimum Gasteiger partial charge on any atom is -0.480 e. The smallest absolute Gasteiger partial charge is 0.317 e. The van der Waals surface area contributed by atoms with Crippen LogP contribution in [0.2, 0.25) is 5.22 Å². The number of nitrogens with one attached hydrogen (secondary N) is 1. The largest absolute Gasteiger partial charge is 0.480 e. The summed E-state index contributed by atoms with van der Waals surface area (Å²) >= 11 is 6.16. The summed E-state index contributed by atoms with van der Waals surface area (Å²) < 4.78 is 5.51. The lowest BCUT2D eigenvalue weighted by Gasteiger charge is -2.37. The molecule has 0 radical (unpaired) electrons. The molecule has 1 saturated heterocycles. The Morgan fingerprint density at radius 1 is 1.33 bits per heavy atom. The molecule has 0 aliphatic carbocycles. The van der Waals surface area contributed by atoms with Gasteiger partial charge in [0.1, 0.15) is 5.58 Å². The van der Waals surface area contributed by atoms with Crippen molar-refractivity contribution in [2.45, 2.75) is 32.4 Å². The molecule has 2 amide bonds. The minimum atomic E-state index is -0.818. The number of likely N-dealkylation sites (N-methyl/N-ethyl adjacent to an activating group) is 1. The maximum absolute atomic E-state index is 12.5. The number of rotatable bonds is 6. The molecule has 27 heavy (non-hydrogen) atoms. The van der Waals surface area contributed by atoms with Crippen molar-refractivity contribution in [3.63, 3.8) is 0 Å². The minimum absolute atomic E-state index is 0.0411. The number of halogens is 1. The van der Waals surface area contributed by atoms with Crippen molar-refractivity contribution in [1.29, 1.82) is 0 Å². The van der Waals surface area contributed by atoms with E-state index in [2.05, 4.69) is 5.32 Å². The van der Waals surface area contributed by atoms with Gasteiger partial charge in [0.15, 0.2) is 5.22 Å². The van der Waals surface area contributed by atoms with Crippen LogP contribution in [0, 0.1) is 0 Å². The second kappa shape index (κ2) is 8.63. The monoisotopic (exact) mass is 393 g/mol. The summed E-state index contributed by atoms with van der Waals surface area (Å²) in [6.07, 6.45) is 1.54. The van der Waals surface area contributed by atoms with Crippen LogP contribution in [0.4, 0.5) is 4.79 Å². The molecule has 0 atom stereocenters. The van der Waals surface area contributed by atoms with Crippen LogP contribution in [0.5, 0.6) is 0 Å². The first-order valence-electron chi connectivity index (χ1n) is 9.14. The van der Waals surface area contributed by atoms with E-state index in [1.807, 2.05) is 36.1 Å². The third kappa shape index (κ3) is 4.54. The molecule has 2 N–H and O–H groups in total. The lowest BCUT2D eigenvalue weighted by atomic mass is 10.0. The first-order valence-corrected chi connectivity index (χ1v) is 9.52. The molecular formula is C19H24ClN3O4. The normalized spacial score (nSPS) is 15.4. The van der Waals surface area contributed by atoms with Gasteiger partial charge < -0.3 is 19.7 Å². The number of fused-ring (bicyclic) bond motifs is 1. The number of piperidine rings is 1. The molecule has 1 aliphatic rings. The second-order valence-corrected chi connectivity index (χ2v) is 7.03. The Balaban J connectivity index is 1.54. The van der Waals surface area contributed by atoms with E-state index in [4.69, 9.17) is 21.1 Å².